The average Bonchev–Trinajstić information content (AvgIpc) is 2.79. The van der Waals surface area contributed by atoms with E-state index in [-0.39, 0.29) is 35.3 Å². The highest BCUT2D eigenvalue weighted by molar-refractivity contribution is 5.94. The highest BCUT2D eigenvalue weighted by Gasteiger charge is 2.43. The Bertz CT molecular complexity index is 1130. The van der Waals surface area contributed by atoms with Crippen LogP contribution in [0.5, 0.6) is 0 Å². The van der Waals surface area contributed by atoms with Gasteiger partial charge in [-0.05, 0) is 35.4 Å². The number of carbonyl (C=O) groups excluding carboxylic acids is 1. The van der Waals surface area contributed by atoms with E-state index >= 15 is 0 Å². The molecule has 3 heterocycles. The van der Waals surface area contributed by atoms with E-state index in [0.717, 1.165) is 11.1 Å². The summed E-state index contributed by atoms with van der Waals surface area (Å²) in [6, 6.07) is 14.3. The van der Waals surface area contributed by atoms with Crippen molar-refractivity contribution < 1.29 is 18.3 Å². The van der Waals surface area contributed by atoms with E-state index in [9.17, 15) is 18.4 Å². The van der Waals surface area contributed by atoms with Gasteiger partial charge in [-0.3, -0.25) is 19.3 Å². The van der Waals surface area contributed by atoms with Crippen molar-refractivity contribution in [3.05, 3.63) is 106 Å². The van der Waals surface area contributed by atoms with Crippen LogP contribution < -0.4 is 10.4 Å². The maximum absolute atomic E-state index is 13.7. The van der Waals surface area contributed by atoms with Crippen LogP contribution in [0, 0.1) is 11.6 Å². The first-order chi connectivity index (χ1) is 15.0. The zero-order valence-electron chi connectivity index (χ0n) is 16.4. The summed E-state index contributed by atoms with van der Waals surface area (Å²) < 4.78 is 34.7. The molecule has 6 nitrogen and oxygen atoms in total. The lowest BCUT2D eigenvalue weighted by Gasteiger charge is -2.51. The molecule has 2 aliphatic rings. The van der Waals surface area contributed by atoms with Crippen LogP contribution in [0.4, 0.5) is 8.78 Å². The topological polar surface area (TPSA) is 54.8 Å². The van der Waals surface area contributed by atoms with E-state index < -0.39 is 12.2 Å². The number of hydrogen-bond acceptors (Lipinski definition) is 4. The number of aromatic nitrogens is 1. The maximum Gasteiger partial charge on any atom is 0.274 e. The Morgan fingerprint density at radius 3 is 2.13 bits per heavy atom. The van der Waals surface area contributed by atoms with Gasteiger partial charge in [0.15, 0.2) is 5.43 Å². The summed E-state index contributed by atoms with van der Waals surface area (Å²) in [7, 11) is 0. The monoisotopic (exact) mass is 423 g/mol. The van der Waals surface area contributed by atoms with Crippen LogP contribution in [-0.4, -0.2) is 41.4 Å². The predicted molar refractivity (Wildman–Crippen MR) is 109 cm³/mol. The summed E-state index contributed by atoms with van der Waals surface area (Å²) in [5.74, 6) is -0.997. The molecule has 0 spiro atoms. The van der Waals surface area contributed by atoms with Crippen LogP contribution in [0.25, 0.3) is 0 Å². The van der Waals surface area contributed by atoms with Gasteiger partial charge < -0.3 is 9.64 Å². The van der Waals surface area contributed by atoms with E-state index in [0.29, 0.717) is 13.2 Å². The normalized spacial score (nSPS) is 18.2. The average molecular weight is 423 g/mol. The highest BCUT2D eigenvalue weighted by atomic mass is 19.1. The second kappa shape index (κ2) is 7.63. The predicted octanol–water partition coefficient (Wildman–Crippen LogP) is 2.67. The third-order valence-corrected chi connectivity index (χ3v) is 5.68. The molecule has 0 saturated carbocycles. The first kappa shape index (κ1) is 19.4. The Kier molecular flexibility index (Phi) is 4.78. The molecule has 1 amide bonds. The number of halogens is 2. The minimum Gasteiger partial charge on any atom is -0.375 e. The molecule has 0 unspecified atom stereocenters. The fourth-order valence-electron chi connectivity index (χ4n) is 4.26. The largest absolute Gasteiger partial charge is 0.375 e. The van der Waals surface area contributed by atoms with Crippen LogP contribution in [0.3, 0.4) is 0 Å². The first-order valence-corrected chi connectivity index (χ1v) is 9.94. The lowest BCUT2D eigenvalue weighted by Crippen LogP contribution is -2.66. The van der Waals surface area contributed by atoms with Crippen molar-refractivity contribution in [2.75, 3.05) is 24.8 Å². The van der Waals surface area contributed by atoms with Gasteiger partial charge in [0.1, 0.15) is 23.5 Å². The molecule has 31 heavy (non-hydrogen) atoms. The molecular weight excluding hydrogens is 404 g/mol. The summed E-state index contributed by atoms with van der Waals surface area (Å²) >= 11 is 0. The van der Waals surface area contributed by atoms with Crippen molar-refractivity contribution in [2.45, 2.75) is 12.2 Å². The summed E-state index contributed by atoms with van der Waals surface area (Å²) in [5, 5.41) is 1.93. The van der Waals surface area contributed by atoms with Crippen LogP contribution in [-0.2, 0) is 4.74 Å². The molecule has 5 rings (SSSR count). The highest BCUT2D eigenvalue weighted by Crippen LogP contribution is 2.34. The number of amides is 1. The van der Waals surface area contributed by atoms with Crippen molar-refractivity contribution in [1.29, 1.82) is 0 Å². The van der Waals surface area contributed by atoms with Crippen LogP contribution in [0.1, 0.15) is 27.7 Å². The van der Waals surface area contributed by atoms with Crippen molar-refractivity contribution in [2.24, 2.45) is 0 Å². The summed E-state index contributed by atoms with van der Waals surface area (Å²) in [5.41, 5.74) is 1.46. The standard InChI is InChI=1S/C23H19F2N3O3/c24-17-5-1-15(2-6-17)22(16-3-7-18(25)8-4-16)28-21-14-31-12-11-26(21)23(30)20-13-19(29)9-10-27(20)28/h1-10,13,21-22H,11-12,14H2/t21-/m1/s1. The van der Waals surface area contributed by atoms with Crippen molar-refractivity contribution in [3.8, 4) is 0 Å². The van der Waals surface area contributed by atoms with Gasteiger partial charge in [-0.2, -0.15) is 0 Å². The maximum atomic E-state index is 13.7. The Morgan fingerprint density at radius 2 is 1.52 bits per heavy atom. The molecule has 0 aliphatic carbocycles. The van der Waals surface area contributed by atoms with Gasteiger partial charge in [-0.1, -0.05) is 24.3 Å². The van der Waals surface area contributed by atoms with Crippen LogP contribution >= 0.6 is 0 Å². The van der Waals surface area contributed by atoms with Gasteiger partial charge in [0.05, 0.1) is 19.3 Å². The Morgan fingerprint density at radius 1 is 0.903 bits per heavy atom. The van der Waals surface area contributed by atoms with Crippen molar-refractivity contribution in [1.82, 2.24) is 9.58 Å². The number of pyridine rings is 1. The van der Waals surface area contributed by atoms with E-state index in [1.807, 2.05) is 5.01 Å². The lowest BCUT2D eigenvalue weighted by molar-refractivity contribution is -0.0193. The van der Waals surface area contributed by atoms with Gasteiger partial charge in [-0.25, -0.2) is 8.78 Å². The van der Waals surface area contributed by atoms with Crippen molar-refractivity contribution in [3.63, 3.8) is 0 Å². The van der Waals surface area contributed by atoms with Crippen LogP contribution in [0.2, 0.25) is 0 Å². The molecule has 0 bridgehead atoms. The fourth-order valence-corrected chi connectivity index (χ4v) is 4.26. The molecule has 2 aromatic carbocycles. The number of morpholine rings is 1. The second-order valence-electron chi connectivity index (χ2n) is 7.53. The molecule has 8 heteroatoms. The van der Waals surface area contributed by atoms with E-state index in [2.05, 4.69) is 0 Å². The van der Waals surface area contributed by atoms with Gasteiger partial charge >= 0.3 is 0 Å². The van der Waals surface area contributed by atoms with Gasteiger partial charge in [0, 0.05) is 24.9 Å². The first-order valence-electron chi connectivity index (χ1n) is 9.94. The Hall–Kier alpha value is -3.52. The van der Waals surface area contributed by atoms with Gasteiger partial charge in [0.2, 0.25) is 0 Å². The van der Waals surface area contributed by atoms with Gasteiger partial charge in [-0.15, -0.1) is 0 Å². The number of carbonyl (C=O) groups is 1. The number of benzene rings is 2. The number of rotatable bonds is 3. The quantitative estimate of drug-likeness (QED) is 0.650. The molecular formula is C23H19F2N3O3. The van der Waals surface area contributed by atoms with Crippen LogP contribution in [0.15, 0.2) is 71.7 Å². The summed E-state index contributed by atoms with van der Waals surface area (Å²) in [6.07, 6.45) is 1.10. The summed E-state index contributed by atoms with van der Waals surface area (Å²) in [4.78, 5) is 26.8. The van der Waals surface area contributed by atoms with E-state index in [1.54, 1.807) is 40.0 Å². The minimum atomic E-state index is -0.496. The Labute approximate surface area is 176 Å². The molecule has 1 atom stereocenters. The molecule has 158 valence electrons. The lowest BCUT2D eigenvalue weighted by atomic mass is 9.96. The number of fused-ring (bicyclic) bond motifs is 2. The fraction of sp³-hybridized carbons (Fsp3) is 0.217. The third-order valence-electron chi connectivity index (χ3n) is 5.68. The molecule has 0 N–H and O–H groups in total. The Balaban J connectivity index is 1.74. The zero-order valence-corrected chi connectivity index (χ0v) is 16.4. The number of nitrogens with zero attached hydrogens (tertiary/aromatic N) is 3. The van der Waals surface area contributed by atoms with E-state index in [1.165, 1.54) is 36.4 Å². The molecule has 0 radical (unpaired) electrons. The van der Waals surface area contributed by atoms with Gasteiger partial charge in [0.25, 0.3) is 5.91 Å². The second-order valence-corrected chi connectivity index (χ2v) is 7.53. The molecule has 1 aromatic heterocycles. The molecule has 3 aromatic rings. The molecule has 1 fully saturated rings. The smallest absolute Gasteiger partial charge is 0.274 e. The number of ether oxygens (including phenoxy) is 1. The molecule has 2 aliphatic heterocycles. The zero-order chi connectivity index (χ0) is 21.5. The summed E-state index contributed by atoms with van der Waals surface area (Å²) in [6.45, 7) is 1.03. The van der Waals surface area contributed by atoms with Crippen molar-refractivity contribution >= 4 is 5.91 Å². The third kappa shape index (κ3) is 3.38. The number of hydrogen-bond donors (Lipinski definition) is 0. The SMILES string of the molecule is O=C1c2cc(=O)ccn2N(C(c2ccc(F)cc2)c2ccc(F)cc2)[C@@H]2COCCN12. The molecule has 1 saturated heterocycles. The minimum absolute atomic E-state index is 0.236. The van der Waals surface area contributed by atoms with E-state index in [4.69, 9.17) is 4.74 Å².